The van der Waals surface area contributed by atoms with Gasteiger partial charge in [0.05, 0.1) is 0 Å². The lowest BCUT2D eigenvalue weighted by Crippen LogP contribution is -2.39. The number of halogens is 2. The number of rotatable bonds is 8. The summed E-state index contributed by atoms with van der Waals surface area (Å²) in [5.74, 6) is -2.11. The Morgan fingerprint density at radius 3 is 2.59 bits per heavy atom. The molecule has 7 heteroatoms. The molecule has 0 fully saturated rings. The van der Waals surface area contributed by atoms with Crippen LogP contribution in [0, 0.1) is 5.82 Å². The number of carbonyl (C=O) groups excluding carboxylic acids is 1. The maximum Gasteiger partial charge on any atom is 0.326 e. The second-order valence-electron chi connectivity index (χ2n) is 4.54. The highest BCUT2D eigenvalue weighted by Gasteiger charge is 2.18. The first-order valence-electron chi connectivity index (χ1n) is 6.70. The maximum absolute atomic E-state index is 13.3. The first kappa shape index (κ1) is 20.1. The maximum atomic E-state index is 13.3. The largest absolute Gasteiger partial charge is 0.480 e. The van der Waals surface area contributed by atoms with E-state index in [0.717, 1.165) is 6.08 Å². The first-order valence-corrected chi connectivity index (χ1v) is 6.70. The minimum atomic E-state index is -1.10. The van der Waals surface area contributed by atoms with Gasteiger partial charge in [-0.3, -0.25) is 4.79 Å². The Bertz CT molecular complexity index is 523. The highest BCUT2D eigenvalue weighted by atomic mass is 35.5. The van der Waals surface area contributed by atoms with Crippen molar-refractivity contribution in [2.45, 2.75) is 25.3 Å². The van der Waals surface area contributed by atoms with Gasteiger partial charge in [0.15, 0.2) is 0 Å². The van der Waals surface area contributed by atoms with E-state index in [0.29, 0.717) is 25.8 Å². The average molecular weight is 331 g/mol. The van der Waals surface area contributed by atoms with Crippen molar-refractivity contribution in [3.8, 4) is 0 Å². The van der Waals surface area contributed by atoms with E-state index in [1.807, 2.05) is 0 Å². The highest BCUT2D eigenvalue weighted by Crippen LogP contribution is 2.08. The zero-order valence-electron chi connectivity index (χ0n) is 12.0. The lowest BCUT2D eigenvalue weighted by atomic mass is 10.1. The lowest BCUT2D eigenvalue weighted by Gasteiger charge is -2.12. The fourth-order valence-corrected chi connectivity index (χ4v) is 1.75. The van der Waals surface area contributed by atoms with Gasteiger partial charge in [0.1, 0.15) is 11.9 Å². The van der Waals surface area contributed by atoms with Crippen molar-refractivity contribution in [2.75, 3.05) is 6.54 Å². The molecule has 5 nitrogen and oxygen atoms in total. The van der Waals surface area contributed by atoms with E-state index in [9.17, 15) is 14.0 Å². The minimum Gasteiger partial charge on any atom is -0.480 e. The molecule has 1 amide bonds. The Balaban J connectivity index is 0.00000441. The Labute approximate surface area is 134 Å². The Morgan fingerprint density at radius 2 is 2.00 bits per heavy atom. The Morgan fingerprint density at radius 1 is 1.32 bits per heavy atom. The van der Waals surface area contributed by atoms with E-state index in [2.05, 4.69) is 5.32 Å². The number of carboxylic acid groups (broad SMARTS) is 1. The quantitative estimate of drug-likeness (QED) is 0.502. The summed E-state index contributed by atoms with van der Waals surface area (Å²) in [5, 5.41) is 11.4. The molecule has 0 aliphatic carbocycles. The van der Waals surface area contributed by atoms with E-state index >= 15 is 0 Å². The van der Waals surface area contributed by atoms with Crippen LogP contribution < -0.4 is 11.1 Å². The number of unbranched alkanes of at least 4 members (excludes halogenated alkanes) is 1. The van der Waals surface area contributed by atoms with Gasteiger partial charge in [-0.25, -0.2) is 9.18 Å². The third kappa shape index (κ3) is 7.19. The fourth-order valence-electron chi connectivity index (χ4n) is 1.75. The van der Waals surface area contributed by atoms with Crippen molar-refractivity contribution >= 4 is 30.4 Å². The van der Waals surface area contributed by atoms with E-state index in [-0.39, 0.29) is 18.0 Å². The molecule has 0 heterocycles. The average Bonchev–Trinajstić information content (AvgIpc) is 2.45. The summed E-state index contributed by atoms with van der Waals surface area (Å²) in [6.45, 7) is 0.480. The minimum absolute atomic E-state index is 0. The molecule has 1 rings (SSSR count). The molecule has 0 radical (unpaired) electrons. The molecule has 0 saturated carbocycles. The van der Waals surface area contributed by atoms with E-state index in [4.69, 9.17) is 10.8 Å². The third-order valence-electron chi connectivity index (χ3n) is 2.88. The molecule has 0 saturated heterocycles. The van der Waals surface area contributed by atoms with Gasteiger partial charge in [0, 0.05) is 11.6 Å². The molecule has 0 aliphatic rings. The van der Waals surface area contributed by atoms with Crippen LogP contribution in [0.3, 0.4) is 0 Å². The molecular weight excluding hydrogens is 311 g/mol. The van der Waals surface area contributed by atoms with Gasteiger partial charge in [0.2, 0.25) is 5.91 Å². The van der Waals surface area contributed by atoms with Gasteiger partial charge in [-0.1, -0.05) is 18.2 Å². The van der Waals surface area contributed by atoms with Gasteiger partial charge < -0.3 is 16.2 Å². The SMILES string of the molecule is Cl.NCCCC[C@H](NC(=O)C=Cc1ccccc1F)C(=O)O. The summed E-state index contributed by atoms with van der Waals surface area (Å²) >= 11 is 0. The molecule has 4 N–H and O–H groups in total. The molecule has 1 atom stereocenters. The Hall–Kier alpha value is -1.92. The number of carbonyl (C=O) groups is 2. The Kier molecular flexibility index (Phi) is 9.82. The standard InChI is InChI=1S/C15H19FN2O3.ClH/c16-12-6-2-1-5-11(12)8-9-14(19)18-13(15(20)21)7-3-4-10-17;/h1-2,5-6,8-9,13H,3-4,7,10,17H2,(H,18,19)(H,20,21);1H/t13-;/m0./s1. The topological polar surface area (TPSA) is 92.4 Å². The number of carboxylic acids is 1. The summed E-state index contributed by atoms with van der Waals surface area (Å²) in [6, 6.07) is 5.03. The molecule has 1 aromatic rings. The summed E-state index contributed by atoms with van der Waals surface area (Å²) in [5.41, 5.74) is 5.60. The summed E-state index contributed by atoms with van der Waals surface area (Å²) in [4.78, 5) is 22.7. The van der Waals surface area contributed by atoms with Gasteiger partial charge in [-0.15, -0.1) is 12.4 Å². The van der Waals surface area contributed by atoms with Gasteiger partial charge in [-0.05, 0) is 37.9 Å². The number of aliphatic carboxylic acids is 1. The van der Waals surface area contributed by atoms with Crippen LogP contribution in [0.2, 0.25) is 0 Å². The molecule has 1 aromatic carbocycles. The van der Waals surface area contributed by atoms with Gasteiger partial charge >= 0.3 is 5.97 Å². The first-order chi connectivity index (χ1) is 10.0. The van der Waals surface area contributed by atoms with Crippen LogP contribution in [0.5, 0.6) is 0 Å². The normalized spacial score (nSPS) is 11.7. The highest BCUT2D eigenvalue weighted by molar-refractivity contribution is 5.94. The van der Waals surface area contributed by atoms with Crippen LogP contribution in [0.15, 0.2) is 30.3 Å². The van der Waals surface area contributed by atoms with Crippen LogP contribution >= 0.6 is 12.4 Å². The van der Waals surface area contributed by atoms with E-state index in [1.165, 1.54) is 18.2 Å². The zero-order valence-corrected chi connectivity index (χ0v) is 12.8. The van der Waals surface area contributed by atoms with E-state index in [1.54, 1.807) is 12.1 Å². The van der Waals surface area contributed by atoms with Crippen LogP contribution in [-0.4, -0.2) is 29.6 Å². The number of hydrogen-bond acceptors (Lipinski definition) is 3. The molecular formula is C15H20ClFN2O3. The molecule has 0 unspecified atom stereocenters. The fraction of sp³-hybridized carbons (Fsp3) is 0.333. The van der Waals surface area contributed by atoms with Crippen molar-refractivity contribution < 1.29 is 19.1 Å². The number of hydrogen-bond donors (Lipinski definition) is 3. The second kappa shape index (κ2) is 10.8. The molecule has 0 spiro atoms. The predicted molar refractivity (Wildman–Crippen MR) is 85.2 cm³/mol. The monoisotopic (exact) mass is 330 g/mol. The summed E-state index contributed by atoms with van der Waals surface area (Å²) in [6.07, 6.45) is 4.06. The lowest BCUT2D eigenvalue weighted by molar-refractivity contribution is -0.141. The van der Waals surface area contributed by atoms with Crippen LogP contribution in [0.25, 0.3) is 6.08 Å². The predicted octanol–water partition coefficient (Wildman–Crippen LogP) is 1.96. The molecule has 22 heavy (non-hydrogen) atoms. The summed E-state index contributed by atoms with van der Waals surface area (Å²) < 4.78 is 13.3. The second-order valence-corrected chi connectivity index (χ2v) is 4.54. The van der Waals surface area contributed by atoms with Gasteiger partial charge in [0.25, 0.3) is 0 Å². The van der Waals surface area contributed by atoms with Crippen molar-refractivity contribution in [3.05, 3.63) is 41.7 Å². The molecule has 0 aromatic heterocycles. The van der Waals surface area contributed by atoms with Crippen molar-refractivity contribution in [1.82, 2.24) is 5.32 Å². The molecule has 0 bridgehead atoms. The molecule has 122 valence electrons. The summed E-state index contributed by atoms with van der Waals surface area (Å²) in [7, 11) is 0. The van der Waals surface area contributed by atoms with Gasteiger partial charge in [-0.2, -0.15) is 0 Å². The number of benzene rings is 1. The van der Waals surface area contributed by atoms with Crippen molar-refractivity contribution in [2.24, 2.45) is 5.73 Å². The number of nitrogens with two attached hydrogens (primary N) is 1. The third-order valence-corrected chi connectivity index (χ3v) is 2.88. The number of nitrogens with one attached hydrogen (secondary N) is 1. The van der Waals surface area contributed by atoms with Crippen molar-refractivity contribution in [3.63, 3.8) is 0 Å². The van der Waals surface area contributed by atoms with E-state index < -0.39 is 23.7 Å². The van der Waals surface area contributed by atoms with Crippen LogP contribution in [0.1, 0.15) is 24.8 Å². The van der Waals surface area contributed by atoms with Crippen LogP contribution in [0.4, 0.5) is 4.39 Å². The zero-order chi connectivity index (χ0) is 15.7. The smallest absolute Gasteiger partial charge is 0.326 e. The van der Waals surface area contributed by atoms with Crippen LogP contribution in [-0.2, 0) is 9.59 Å². The number of amides is 1. The molecule has 0 aliphatic heterocycles. The van der Waals surface area contributed by atoms with Crippen molar-refractivity contribution in [1.29, 1.82) is 0 Å².